The van der Waals surface area contributed by atoms with Crippen LogP contribution in [-0.4, -0.2) is 36.0 Å². The minimum atomic E-state index is -0.366. The van der Waals surface area contributed by atoms with Crippen LogP contribution in [0, 0.1) is 6.92 Å². The zero-order valence-electron chi connectivity index (χ0n) is 16.7. The van der Waals surface area contributed by atoms with E-state index in [1.165, 1.54) is 26.6 Å². The Hall–Kier alpha value is -4.14. The van der Waals surface area contributed by atoms with Crippen LogP contribution in [0.3, 0.4) is 0 Å². The predicted octanol–water partition coefficient (Wildman–Crippen LogP) is 2.89. The van der Waals surface area contributed by atoms with E-state index < -0.39 is 0 Å². The van der Waals surface area contributed by atoms with Crippen molar-refractivity contribution in [3.63, 3.8) is 0 Å². The molecule has 9 nitrogen and oxygen atoms in total. The molecule has 3 rings (SSSR count). The molecule has 0 aliphatic heterocycles. The number of ether oxygens (including phenoxy) is 2. The van der Waals surface area contributed by atoms with Crippen molar-refractivity contribution in [2.45, 2.75) is 6.92 Å². The summed E-state index contributed by atoms with van der Waals surface area (Å²) in [5.74, 6) is 0.376. The number of nitrogens with two attached hydrogens (primary N) is 1. The quantitative estimate of drug-likeness (QED) is 0.573. The molecule has 4 N–H and O–H groups in total. The number of rotatable bonds is 6. The molecule has 1 aromatic heterocycles. The van der Waals surface area contributed by atoms with Crippen LogP contribution in [0.1, 0.15) is 26.3 Å². The number of aryl methyl sites for hydroxylation is 1. The molecule has 3 aromatic rings. The molecule has 0 aliphatic carbocycles. The number of methoxy groups -OCH3 is 2. The van der Waals surface area contributed by atoms with Crippen molar-refractivity contribution >= 4 is 29.1 Å². The number of amides is 2. The summed E-state index contributed by atoms with van der Waals surface area (Å²) in [5.41, 5.74) is 7.82. The molecule has 30 heavy (non-hydrogen) atoms. The van der Waals surface area contributed by atoms with Crippen molar-refractivity contribution in [1.82, 2.24) is 9.97 Å². The number of nitrogens with one attached hydrogen (secondary N) is 2. The zero-order valence-corrected chi connectivity index (χ0v) is 16.7. The SMILES string of the molecule is COc1cc(OC)cc(C(=O)Nc2ccc(C)c(C(=O)Nc3cnc(N)nc3)c2)c1. The van der Waals surface area contributed by atoms with E-state index in [-0.39, 0.29) is 17.8 Å². The molecule has 2 amide bonds. The van der Waals surface area contributed by atoms with Crippen LogP contribution in [0.25, 0.3) is 0 Å². The van der Waals surface area contributed by atoms with Crippen molar-refractivity contribution in [2.75, 3.05) is 30.6 Å². The van der Waals surface area contributed by atoms with Crippen LogP contribution in [-0.2, 0) is 0 Å². The van der Waals surface area contributed by atoms with Gasteiger partial charge in [0, 0.05) is 22.9 Å². The van der Waals surface area contributed by atoms with E-state index in [2.05, 4.69) is 20.6 Å². The second kappa shape index (κ2) is 8.91. The first-order valence-corrected chi connectivity index (χ1v) is 8.93. The lowest BCUT2D eigenvalue weighted by Crippen LogP contribution is -2.16. The highest BCUT2D eigenvalue weighted by Gasteiger charge is 2.14. The fourth-order valence-electron chi connectivity index (χ4n) is 2.69. The number of hydrogen-bond acceptors (Lipinski definition) is 7. The van der Waals surface area contributed by atoms with E-state index in [0.717, 1.165) is 5.56 Å². The van der Waals surface area contributed by atoms with Gasteiger partial charge in [-0.15, -0.1) is 0 Å². The molecule has 0 aliphatic rings. The maximum Gasteiger partial charge on any atom is 0.256 e. The number of carbonyl (C=O) groups is 2. The van der Waals surface area contributed by atoms with Gasteiger partial charge in [0.25, 0.3) is 11.8 Å². The number of nitrogen functional groups attached to an aromatic ring is 1. The Balaban J connectivity index is 1.80. The summed E-state index contributed by atoms with van der Waals surface area (Å²) in [7, 11) is 3.01. The van der Waals surface area contributed by atoms with Crippen LogP contribution in [0.15, 0.2) is 48.8 Å². The Morgan fingerprint density at radius 3 is 2.07 bits per heavy atom. The smallest absolute Gasteiger partial charge is 0.256 e. The summed E-state index contributed by atoms with van der Waals surface area (Å²) < 4.78 is 10.4. The van der Waals surface area contributed by atoms with Crippen molar-refractivity contribution in [3.05, 3.63) is 65.5 Å². The lowest BCUT2D eigenvalue weighted by atomic mass is 10.1. The summed E-state index contributed by atoms with van der Waals surface area (Å²) in [4.78, 5) is 33.0. The number of nitrogens with zero attached hydrogens (tertiary/aromatic N) is 2. The van der Waals surface area contributed by atoms with Gasteiger partial charge in [0.1, 0.15) is 11.5 Å². The molecule has 2 aromatic carbocycles. The first-order chi connectivity index (χ1) is 14.4. The van der Waals surface area contributed by atoms with Gasteiger partial charge in [-0.1, -0.05) is 6.07 Å². The van der Waals surface area contributed by atoms with Crippen molar-refractivity contribution in [2.24, 2.45) is 0 Å². The van der Waals surface area contributed by atoms with Crippen LogP contribution in [0.5, 0.6) is 11.5 Å². The molecule has 0 radical (unpaired) electrons. The summed E-state index contributed by atoms with van der Waals surface area (Å²) in [6, 6.07) is 9.93. The first kappa shape index (κ1) is 20.6. The summed E-state index contributed by atoms with van der Waals surface area (Å²) >= 11 is 0. The second-order valence-corrected chi connectivity index (χ2v) is 6.37. The van der Waals surface area contributed by atoms with E-state index in [4.69, 9.17) is 15.2 Å². The third-order valence-electron chi connectivity index (χ3n) is 4.28. The van der Waals surface area contributed by atoms with E-state index in [9.17, 15) is 9.59 Å². The predicted molar refractivity (Wildman–Crippen MR) is 113 cm³/mol. The van der Waals surface area contributed by atoms with Gasteiger partial charge in [0.05, 0.1) is 32.3 Å². The molecule has 9 heteroatoms. The van der Waals surface area contributed by atoms with Gasteiger partial charge < -0.3 is 25.8 Å². The van der Waals surface area contributed by atoms with E-state index >= 15 is 0 Å². The van der Waals surface area contributed by atoms with Gasteiger partial charge in [-0.2, -0.15) is 0 Å². The fourth-order valence-corrected chi connectivity index (χ4v) is 2.69. The number of benzene rings is 2. The lowest BCUT2D eigenvalue weighted by Gasteiger charge is -2.12. The number of carbonyl (C=O) groups excluding carboxylic acids is 2. The topological polar surface area (TPSA) is 128 Å². The maximum atomic E-state index is 12.7. The molecular formula is C21H21N5O4. The average Bonchev–Trinajstić information content (AvgIpc) is 2.76. The van der Waals surface area contributed by atoms with Crippen LogP contribution in [0.4, 0.5) is 17.3 Å². The largest absolute Gasteiger partial charge is 0.497 e. The Labute approximate surface area is 173 Å². The number of hydrogen-bond donors (Lipinski definition) is 3. The van der Waals surface area contributed by atoms with Gasteiger partial charge in [-0.05, 0) is 36.8 Å². The fraction of sp³-hybridized carbons (Fsp3) is 0.143. The third kappa shape index (κ3) is 4.82. The van der Waals surface area contributed by atoms with Crippen molar-refractivity contribution in [1.29, 1.82) is 0 Å². The van der Waals surface area contributed by atoms with E-state index in [0.29, 0.717) is 34.0 Å². The highest BCUT2D eigenvalue weighted by molar-refractivity contribution is 6.08. The lowest BCUT2D eigenvalue weighted by molar-refractivity contribution is 0.101. The number of aromatic nitrogens is 2. The average molecular weight is 407 g/mol. The molecule has 154 valence electrons. The van der Waals surface area contributed by atoms with Crippen LogP contribution >= 0.6 is 0 Å². The van der Waals surface area contributed by atoms with Crippen molar-refractivity contribution in [3.8, 4) is 11.5 Å². The van der Waals surface area contributed by atoms with E-state index in [1.54, 1.807) is 43.3 Å². The van der Waals surface area contributed by atoms with Crippen LogP contribution in [0.2, 0.25) is 0 Å². The highest BCUT2D eigenvalue weighted by Crippen LogP contribution is 2.24. The third-order valence-corrected chi connectivity index (χ3v) is 4.28. The Morgan fingerprint density at radius 2 is 1.47 bits per heavy atom. The van der Waals surface area contributed by atoms with Crippen LogP contribution < -0.4 is 25.8 Å². The molecule has 0 spiro atoms. The standard InChI is InChI=1S/C21H21N5O4/c1-12-4-5-14(8-18(12)20(28)26-15-10-23-21(22)24-11-15)25-19(27)13-6-16(29-2)9-17(7-13)30-3/h4-11H,1-3H3,(H,25,27)(H,26,28)(H2,22,23,24). The highest BCUT2D eigenvalue weighted by atomic mass is 16.5. The summed E-state index contributed by atoms with van der Waals surface area (Å²) in [6.45, 7) is 1.80. The zero-order chi connectivity index (χ0) is 21.7. The molecule has 1 heterocycles. The maximum absolute atomic E-state index is 12.7. The van der Waals surface area contributed by atoms with Gasteiger partial charge in [0.2, 0.25) is 5.95 Å². The van der Waals surface area contributed by atoms with Gasteiger partial charge in [0.15, 0.2) is 0 Å². The molecule has 0 bridgehead atoms. The summed E-state index contributed by atoms with van der Waals surface area (Å²) in [6.07, 6.45) is 2.83. The number of anilines is 3. The Kier molecular flexibility index (Phi) is 6.11. The minimum absolute atomic E-state index is 0.114. The molecule has 0 unspecified atom stereocenters. The normalized spacial score (nSPS) is 10.2. The minimum Gasteiger partial charge on any atom is -0.497 e. The van der Waals surface area contributed by atoms with Crippen molar-refractivity contribution < 1.29 is 19.1 Å². The van der Waals surface area contributed by atoms with E-state index in [1.807, 2.05) is 0 Å². The van der Waals surface area contributed by atoms with Gasteiger partial charge in [-0.25, -0.2) is 9.97 Å². The molecular weight excluding hydrogens is 386 g/mol. The first-order valence-electron chi connectivity index (χ1n) is 8.93. The van der Waals surface area contributed by atoms with Gasteiger partial charge >= 0.3 is 0 Å². The second-order valence-electron chi connectivity index (χ2n) is 6.37. The molecule has 0 saturated carbocycles. The summed E-state index contributed by atoms with van der Waals surface area (Å²) in [5, 5.41) is 5.49. The monoisotopic (exact) mass is 407 g/mol. The molecule has 0 fully saturated rings. The Bertz CT molecular complexity index is 1060. The molecule has 0 atom stereocenters. The van der Waals surface area contributed by atoms with Gasteiger partial charge in [-0.3, -0.25) is 9.59 Å². The molecule has 0 saturated heterocycles. The Morgan fingerprint density at radius 1 is 0.867 bits per heavy atom.